The monoisotopic (exact) mass is 298 g/mol. The Balaban J connectivity index is 1.90. The average molecular weight is 299 g/mol. The third-order valence-corrected chi connectivity index (χ3v) is 3.44. The smallest absolute Gasteiger partial charge is 0.231 e. The summed E-state index contributed by atoms with van der Waals surface area (Å²) in [6.45, 7) is 7.52. The van der Waals surface area contributed by atoms with Gasteiger partial charge in [0.15, 0.2) is 11.5 Å². The molecule has 1 aliphatic rings. The van der Waals surface area contributed by atoms with Crippen LogP contribution in [0.1, 0.15) is 19.4 Å². The Morgan fingerprint density at radius 3 is 2.75 bits per heavy atom. The highest BCUT2D eigenvalue weighted by Crippen LogP contribution is 2.39. The standard InChI is InChI=1S/C15H23ClN2O2/c1-15(2,9-18(3)4)8-17-7-11-5-12(16)14-13(6-11)19-10-20-14/h5-6,17H,7-10H2,1-4H3. The molecule has 0 aliphatic carbocycles. The lowest BCUT2D eigenvalue weighted by molar-refractivity contribution is 0.174. The van der Waals surface area contributed by atoms with Crippen molar-refractivity contribution in [2.45, 2.75) is 20.4 Å². The second kappa shape index (κ2) is 6.20. The minimum atomic E-state index is 0.226. The van der Waals surface area contributed by atoms with Crippen LogP contribution in [0.25, 0.3) is 0 Å². The Morgan fingerprint density at radius 2 is 2.05 bits per heavy atom. The van der Waals surface area contributed by atoms with Crippen LogP contribution in [0.2, 0.25) is 5.02 Å². The number of nitrogens with one attached hydrogen (secondary N) is 1. The van der Waals surface area contributed by atoms with Gasteiger partial charge in [-0.25, -0.2) is 0 Å². The number of hydrogen-bond acceptors (Lipinski definition) is 4. The Morgan fingerprint density at radius 1 is 1.30 bits per heavy atom. The van der Waals surface area contributed by atoms with Crippen molar-refractivity contribution in [1.82, 2.24) is 10.2 Å². The van der Waals surface area contributed by atoms with Crippen LogP contribution in [-0.4, -0.2) is 38.9 Å². The zero-order valence-electron chi connectivity index (χ0n) is 12.6. The SMILES string of the molecule is CN(C)CC(C)(C)CNCc1cc(Cl)c2c(c1)OCO2. The molecule has 0 aromatic heterocycles. The summed E-state index contributed by atoms with van der Waals surface area (Å²) in [4.78, 5) is 2.21. The molecule has 1 aliphatic heterocycles. The molecule has 0 spiro atoms. The molecule has 20 heavy (non-hydrogen) atoms. The molecule has 2 rings (SSSR count). The quantitative estimate of drug-likeness (QED) is 0.875. The molecule has 0 radical (unpaired) electrons. The highest BCUT2D eigenvalue weighted by Gasteiger charge is 2.20. The van der Waals surface area contributed by atoms with Crippen molar-refractivity contribution in [2.75, 3.05) is 34.0 Å². The van der Waals surface area contributed by atoms with Crippen molar-refractivity contribution in [1.29, 1.82) is 0 Å². The van der Waals surface area contributed by atoms with Gasteiger partial charge in [-0.1, -0.05) is 25.4 Å². The third-order valence-electron chi connectivity index (χ3n) is 3.16. The number of fused-ring (bicyclic) bond motifs is 1. The maximum absolute atomic E-state index is 6.17. The Kier molecular flexibility index (Phi) is 4.78. The summed E-state index contributed by atoms with van der Waals surface area (Å²) < 4.78 is 10.7. The van der Waals surface area contributed by atoms with E-state index in [1.807, 2.05) is 12.1 Å². The summed E-state index contributed by atoms with van der Waals surface area (Å²) in [5, 5.41) is 4.10. The lowest BCUT2D eigenvalue weighted by Gasteiger charge is -2.28. The van der Waals surface area contributed by atoms with Gasteiger partial charge in [-0.3, -0.25) is 0 Å². The Bertz CT molecular complexity index is 475. The number of nitrogens with zero attached hydrogens (tertiary/aromatic N) is 1. The van der Waals surface area contributed by atoms with Crippen molar-refractivity contribution in [3.8, 4) is 11.5 Å². The van der Waals surface area contributed by atoms with E-state index in [1.54, 1.807) is 0 Å². The first-order chi connectivity index (χ1) is 9.37. The molecule has 0 fully saturated rings. The van der Waals surface area contributed by atoms with Crippen LogP contribution in [0.4, 0.5) is 0 Å². The average Bonchev–Trinajstić information content (AvgIpc) is 2.75. The van der Waals surface area contributed by atoms with E-state index in [4.69, 9.17) is 21.1 Å². The Labute approximate surface area is 126 Å². The van der Waals surface area contributed by atoms with Gasteiger partial charge in [-0.2, -0.15) is 0 Å². The van der Waals surface area contributed by atoms with Gasteiger partial charge in [-0.05, 0) is 37.2 Å². The van der Waals surface area contributed by atoms with E-state index in [0.717, 1.165) is 30.9 Å². The molecule has 1 aromatic rings. The summed E-state index contributed by atoms with van der Waals surface area (Å²) in [6, 6.07) is 3.92. The van der Waals surface area contributed by atoms with Gasteiger partial charge in [0.05, 0.1) is 5.02 Å². The molecular formula is C15H23ClN2O2. The first-order valence-electron chi connectivity index (χ1n) is 6.81. The fourth-order valence-electron chi connectivity index (χ4n) is 2.58. The predicted octanol–water partition coefficient (Wildman–Crippen LogP) is 2.75. The largest absolute Gasteiger partial charge is 0.454 e. The number of halogens is 1. The second-order valence-electron chi connectivity index (χ2n) is 6.32. The van der Waals surface area contributed by atoms with Crippen LogP contribution in [0.5, 0.6) is 11.5 Å². The highest BCUT2D eigenvalue weighted by molar-refractivity contribution is 6.32. The van der Waals surface area contributed by atoms with E-state index >= 15 is 0 Å². The summed E-state index contributed by atoms with van der Waals surface area (Å²) in [5.74, 6) is 1.39. The molecule has 0 saturated carbocycles. The minimum Gasteiger partial charge on any atom is -0.454 e. The molecule has 112 valence electrons. The molecule has 5 heteroatoms. The topological polar surface area (TPSA) is 33.7 Å². The van der Waals surface area contributed by atoms with Gasteiger partial charge in [0.1, 0.15) is 0 Å². The number of rotatable bonds is 6. The molecule has 0 unspecified atom stereocenters. The lowest BCUT2D eigenvalue weighted by atomic mass is 9.93. The van der Waals surface area contributed by atoms with E-state index in [1.165, 1.54) is 0 Å². The van der Waals surface area contributed by atoms with Crippen molar-refractivity contribution >= 4 is 11.6 Å². The van der Waals surface area contributed by atoms with E-state index < -0.39 is 0 Å². The zero-order chi connectivity index (χ0) is 14.8. The molecule has 0 amide bonds. The second-order valence-corrected chi connectivity index (χ2v) is 6.72. The summed E-state index contributed by atoms with van der Waals surface area (Å²) >= 11 is 6.17. The van der Waals surface area contributed by atoms with Crippen LogP contribution in [-0.2, 0) is 6.54 Å². The van der Waals surface area contributed by atoms with E-state index in [0.29, 0.717) is 10.8 Å². The minimum absolute atomic E-state index is 0.226. The van der Waals surface area contributed by atoms with Crippen LogP contribution in [0.15, 0.2) is 12.1 Å². The molecule has 1 heterocycles. The molecule has 0 atom stereocenters. The van der Waals surface area contributed by atoms with Crippen molar-refractivity contribution < 1.29 is 9.47 Å². The summed E-state index contributed by atoms with van der Waals surface area (Å²) in [6.07, 6.45) is 0. The number of hydrogen-bond donors (Lipinski definition) is 1. The first kappa shape index (κ1) is 15.4. The van der Waals surface area contributed by atoms with Gasteiger partial charge in [-0.15, -0.1) is 0 Å². The maximum Gasteiger partial charge on any atom is 0.231 e. The Hall–Kier alpha value is -0.970. The maximum atomic E-state index is 6.17. The third kappa shape index (κ3) is 4.01. The van der Waals surface area contributed by atoms with Crippen LogP contribution in [0.3, 0.4) is 0 Å². The van der Waals surface area contributed by atoms with Crippen LogP contribution < -0.4 is 14.8 Å². The number of ether oxygens (including phenoxy) is 2. The summed E-state index contributed by atoms with van der Waals surface area (Å²) in [7, 11) is 4.19. The fourth-order valence-corrected chi connectivity index (χ4v) is 2.87. The van der Waals surface area contributed by atoms with Crippen molar-refractivity contribution in [2.24, 2.45) is 5.41 Å². The van der Waals surface area contributed by atoms with Gasteiger partial charge in [0.25, 0.3) is 0 Å². The lowest BCUT2D eigenvalue weighted by Crippen LogP contribution is -2.37. The van der Waals surface area contributed by atoms with Gasteiger partial charge < -0.3 is 19.7 Å². The van der Waals surface area contributed by atoms with Gasteiger partial charge in [0.2, 0.25) is 6.79 Å². The molecule has 1 aromatic carbocycles. The molecule has 0 bridgehead atoms. The van der Waals surface area contributed by atoms with E-state index in [-0.39, 0.29) is 12.2 Å². The molecular weight excluding hydrogens is 276 g/mol. The molecule has 4 nitrogen and oxygen atoms in total. The van der Waals surface area contributed by atoms with Crippen molar-refractivity contribution in [3.05, 3.63) is 22.7 Å². The molecule has 0 saturated heterocycles. The van der Waals surface area contributed by atoms with Gasteiger partial charge >= 0.3 is 0 Å². The van der Waals surface area contributed by atoms with Crippen LogP contribution >= 0.6 is 11.6 Å². The van der Waals surface area contributed by atoms with Crippen LogP contribution in [0, 0.1) is 5.41 Å². The van der Waals surface area contributed by atoms with Gasteiger partial charge in [0, 0.05) is 19.6 Å². The molecule has 1 N–H and O–H groups in total. The summed E-state index contributed by atoms with van der Waals surface area (Å²) in [5.41, 5.74) is 1.34. The fraction of sp³-hybridized carbons (Fsp3) is 0.600. The predicted molar refractivity (Wildman–Crippen MR) is 81.6 cm³/mol. The van der Waals surface area contributed by atoms with Crippen molar-refractivity contribution in [3.63, 3.8) is 0 Å². The first-order valence-corrected chi connectivity index (χ1v) is 7.19. The van der Waals surface area contributed by atoms with E-state index in [9.17, 15) is 0 Å². The van der Waals surface area contributed by atoms with E-state index in [2.05, 4.69) is 38.2 Å². The zero-order valence-corrected chi connectivity index (χ0v) is 13.4. The number of benzene rings is 1. The normalized spacial score (nSPS) is 14.1. The highest BCUT2D eigenvalue weighted by atomic mass is 35.5.